The molecule has 0 atom stereocenters. The van der Waals surface area contributed by atoms with Crippen LogP contribution in [0.25, 0.3) is 0 Å². The number of hydrogen-bond acceptors (Lipinski definition) is 2. The molecule has 1 aliphatic carbocycles. The largest absolute Gasteiger partial charge is 0.348 e. The predicted octanol–water partition coefficient (Wildman–Crippen LogP) is 2.62. The maximum absolute atomic E-state index is 5.80. The highest BCUT2D eigenvalue weighted by atomic mass is 16.7. The molecule has 0 radical (unpaired) electrons. The van der Waals surface area contributed by atoms with Gasteiger partial charge in [0, 0.05) is 12.8 Å². The van der Waals surface area contributed by atoms with E-state index in [1.54, 1.807) is 0 Å². The Morgan fingerprint density at radius 1 is 1.00 bits per heavy atom. The molecule has 1 heterocycles. The zero-order valence-electron chi connectivity index (χ0n) is 9.79. The molecule has 16 heavy (non-hydrogen) atoms. The first-order valence-electron chi connectivity index (χ1n) is 6.14. The molecule has 86 valence electrons. The lowest BCUT2D eigenvalue weighted by atomic mass is 10.0. The van der Waals surface area contributed by atoms with E-state index >= 15 is 0 Å². The molecule has 0 saturated carbocycles. The van der Waals surface area contributed by atoms with Crippen LogP contribution < -0.4 is 0 Å². The Balaban J connectivity index is 1.86. The van der Waals surface area contributed by atoms with Crippen molar-refractivity contribution in [1.29, 1.82) is 0 Å². The second-order valence-corrected chi connectivity index (χ2v) is 4.88. The van der Waals surface area contributed by atoms with E-state index in [-0.39, 0.29) is 5.79 Å². The number of ether oxygens (including phenoxy) is 2. The summed E-state index contributed by atoms with van der Waals surface area (Å²) in [5.41, 5.74) is 4.31. The first-order valence-corrected chi connectivity index (χ1v) is 6.14. The van der Waals surface area contributed by atoms with Gasteiger partial charge >= 0.3 is 0 Å². The second-order valence-electron chi connectivity index (χ2n) is 4.88. The van der Waals surface area contributed by atoms with Gasteiger partial charge in [0.25, 0.3) is 0 Å². The summed E-state index contributed by atoms with van der Waals surface area (Å²) in [4.78, 5) is 0. The Kier molecular flexibility index (Phi) is 2.49. The molecule has 2 heteroatoms. The summed E-state index contributed by atoms with van der Waals surface area (Å²) >= 11 is 0. The zero-order valence-corrected chi connectivity index (χ0v) is 9.79. The van der Waals surface area contributed by atoms with Crippen LogP contribution in [0, 0.1) is 6.92 Å². The third-order valence-electron chi connectivity index (χ3n) is 3.73. The summed E-state index contributed by atoms with van der Waals surface area (Å²) in [5, 5.41) is 0. The molecule has 0 unspecified atom stereocenters. The average Bonchev–Trinajstić information content (AvgIpc) is 2.66. The highest BCUT2D eigenvalue weighted by Crippen LogP contribution is 2.34. The van der Waals surface area contributed by atoms with Crippen LogP contribution in [0.5, 0.6) is 0 Å². The van der Waals surface area contributed by atoms with Crippen molar-refractivity contribution in [1.82, 2.24) is 0 Å². The van der Waals surface area contributed by atoms with Gasteiger partial charge in [0.1, 0.15) is 0 Å². The van der Waals surface area contributed by atoms with Gasteiger partial charge < -0.3 is 9.47 Å². The highest BCUT2D eigenvalue weighted by Gasteiger charge is 2.37. The van der Waals surface area contributed by atoms with Crippen LogP contribution >= 0.6 is 0 Å². The van der Waals surface area contributed by atoms with Gasteiger partial charge in [-0.25, -0.2) is 0 Å². The standard InChI is InChI=1S/C14H18O2/c1-11-2-3-12-4-6-14(15-8-9-16-14)7-5-13(12)10-11/h2-3,10H,4-9H2,1H3. The lowest BCUT2D eigenvalue weighted by Crippen LogP contribution is -2.30. The number of aryl methyl sites for hydroxylation is 3. The van der Waals surface area contributed by atoms with E-state index < -0.39 is 0 Å². The number of benzene rings is 1. The molecule has 1 aliphatic heterocycles. The van der Waals surface area contributed by atoms with Gasteiger partial charge in [0.05, 0.1) is 13.2 Å². The molecule has 1 aromatic rings. The van der Waals surface area contributed by atoms with Crippen LogP contribution in [0.4, 0.5) is 0 Å². The normalized spacial score (nSPS) is 23.1. The smallest absolute Gasteiger partial charge is 0.169 e. The van der Waals surface area contributed by atoms with Crippen LogP contribution in [-0.4, -0.2) is 19.0 Å². The van der Waals surface area contributed by atoms with E-state index in [0.717, 1.165) is 38.9 Å². The van der Waals surface area contributed by atoms with Crippen LogP contribution in [0.1, 0.15) is 29.5 Å². The molecule has 2 nitrogen and oxygen atoms in total. The molecule has 1 aromatic carbocycles. The SMILES string of the molecule is Cc1ccc2c(c1)CCC1(CC2)OCCO1. The lowest BCUT2D eigenvalue weighted by molar-refractivity contribution is -0.164. The minimum Gasteiger partial charge on any atom is -0.348 e. The van der Waals surface area contributed by atoms with E-state index in [9.17, 15) is 0 Å². The second kappa shape index (κ2) is 3.86. The van der Waals surface area contributed by atoms with E-state index in [1.165, 1.54) is 16.7 Å². The van der Waals surface area contributed by atoms with Gasteiger partial charge in [-0.3, -0.25) is 0 Å². The highest BCUT2D eigenvalue weighted by molar-refractivity contribution is 5.33. The molecule has 0 N–H and O–H groups in total. The Morgan fingerprint density at radius 3 is 2.44 bits per heavy atom. The zero-order chi connectivity index (χ0) is 11.0. The minimum absolute atomic E-state index is 0.271. The van der Waals surface area contributed by atoms with Gasteiger partial charge in [-0.15, -0.1) is 0 Å². The van der Waals surface area contributed by atoms with Crippen molar-refractivity contribution in [2.45, 2.75) is 38.4 Å². The maximum atomic E-state index is 5.80. The molecule has 0 bridgehead atoms. The van der Waals surface area contributed by atoms with Crippen molar-refractivity contribution in [3.8, 4) is 0 Å². The lowest BCUT2D eigenvalue weighted by Gasteiger charge is -2.25. The third kappa shape index (κ3) is 1.76. The van der Waals surface area contributed by atoms with E-state index in [4.69, 9.17) is 9.47 Å². The molecule has 3 rings (SSSR count). The first kappa shape index (κ1) is 10.3. The van der Waals surface area contributed by atoms with Crippen molar-refractivity contribution in [3.05, 3.63) is 34.9 Å². The maximum Gasteiger partial charge on any atom is 0.169 e. The molecule has 0 amide bonds. The fraction of sp³-hybridized carbons (Fsp3) is 0.571. The van der Waals surface area contributed by atoms with Gasteiger partial charge in [-0.05, 0) is 30.9 Å². The predicted molar refractivity (Wildman–Crippen MR) is 62.5 cm³/mol. The topological polar surface area (TPSA) is 18.5 Å². The molecular formula is C14H18O2. The quantitative estimate of drug-likeness (QED) is 0.666. The third-order valence-corrected chi connectivity index (χ3v) is 3.73. The van der Waals surface area contributed by atoms with Crippen LogP contribution in [0.15, 0.2) is 18.2 Å². The fourth-order valence-corrected chi connectivity index (χ4v) is 2.79. The summed E-state index contributed by atoms with van der Waals surface area (Å²) in [6.07, 6.45) is 4.17. The van der Waals surface area contributed by atoms with Crippen molar-refractivity contribution in [2.24, 2.45) is 0 Å². The van der Waals surface area contributed by atoms with Gasteiger partial charge in [-0.1, -0.05) is 23.8 Å². The van der Waals surface area contributed by atoms with Gasteiger partial charge in [-0.2, -0.15) is 0 Å². The molecule has 2 aliphatic rings. The summed E-state index contributed by atoms with van der Waals surface area (Å²) in [7, 11) is 0. The molecular weight excluding hydrogens is 200 g/mol. The first-order chi connectivity index (χ1) is 7.77. The Bertz CT molecular complexity index is 392. The van der Waals surface area contributed by atoms with Crippen molar-refractivity contribution in [2.75, 3.05) is 13.2 Å². The van der Waals surface area contributed by atoms with Crippen LogP contribution in [0.2, 0.25) is 0 Å². The van der Waals surface area contributed by atoms with Crippen molar-refractivity contribution in [3.63, 3.8) is 0 Å². The molecule has 1 spiro atoms. The fourth-order valence-electron chi connectivity index (χ4n) is 2.79. The molecule has 1 saturated heterocycles. The summed E-state index contributed by atoms with van der Waals surface area (Å²) in [6.45, 7) is 3.67. The monoisotopic (exact) mass is 218 g/mol. The van der Waals surface area contributed by atoms with Gasteiger partial charge in [0.2, 0.25) is 0 Å². The van der Waals surface area contributed by atoms with E-state index in [2.05, 4.69) is 25.1 Å². The molecule has 1 fully saturated rings. The summed E-state index contributed by atoms with van der Waals surface area (Å²) in [5.74, 6) is -0.271. The summed E-state index contributed by atoms with van der Waals surface area (Å²) in [6, 6.07) is 6.77. The Hall–Kier alpha value is -0.860. The number of hydrogen-bond donors (Lipinski definition) is 0. The van der Waals surface area contributed by atoms with Crippen LogP contribution in [-0.2, 0) is 22.3 Å². The Labute approximate surface area is 96.6 Å². The van der Waals surface area contributed by atoms with Crippen molar-refractivity contribution >= 4 is 0 Å². The minimum atomic E-state index is -0.271. The van der Waals surface area contributed by atoms with Crippen LogP contribution in [0.3, 0.4) is 0 Å². The Morgan fingerprint density at radius 2 is 1.69 bits per heavy atom. The summed E-state index contributed by atoms with van der Waals surface area (Å²) < 4.78 is 11.6. The van der Waals surface area contributed by atoms with E-state index in [1.807, 2.05) is 0 Å². The number of rotatable bonds is 0. The number of fused-ring (bicyclic) bond motifs is 1. The molecule has 0 aromatic heterocycles. The average molecular weight is 218 g/mol. The van der Waals surface area contributed by atoms with E-state index in [0.29, 0.717) is 0 Å². The van der Waals surface area contributed by atoms with Gasteiger partial charge in [0.15, 0.2) is 5.79 Å². The van der Waals surface area contributed by atoms with Crippen molar-refractivity contribution < 1.29 is 9.47 Å².